The Kier molecular flexibility index (Phi) is 5.12. The fourth-order valence-corrected chi connectivity index (χ4v) is 8.53. The lowest BCUT2D eigenvalue weighted by Gasteiger charge is -2.55. The van der Waals surface area contributed by atoms with Gasteiger partial charge in [0.25, 0.3) is 5.91 Å². The van der Waals surface area contributed by atoms with Crippen molar-refractivity contribution in [1.29, 1.82) is 0 Å². The lowest BCUT2D eigenvalue weighted by atomic mass is 9.47. The standard InChI is InChI=1S/C28H30N6O4/c1-14-8-16(11-21(30-14)26(35)29-13-15-4-3-5-18(9-15)38-2)25-31-33-34(32-25)7-6-19-23-20-10-17-12-28(23,27(36)37)24(19)22(17)20/h3-5,8-9,11,17,19-20,22-24H,6-7,10,12-13H2,1-2H3,(H,29,35)(H,36,37). The van der Waals surface area contributed by atoms with Crippen LogP contribution in [0.4, 0.5) is 0 Å². The molecule has 2 heterocycles. The van der Waals surface area contributed by atoms with Crippen molar-refractivity contribution in [2.24, 2.45) is 40.9 Å². The van der Waals surface area contributed by atoms with E-state index in [2.05, 4.69) is 25.7 Å². The molecule has 5 aliphatic carbocycles. The number of hydrogen-bond acceptors (Lipinski definition) is 7. The Hall–Kier alpha value is -3.82. The Morgan fingerprint density at radius 1 is 1.24 bits per heavy atom. The van der Waals surface area contributed by atoms with Crippen LogP contribution in [0.2, 0.25) is 0 Å². The van der Waals surface area contributed by atoms with Crippen molar-refractivity contribution >= 4 is 11.9 Å². The number of aromatic nitrogens is 5. The molecule has 0 radical (unpaired) electrons. The molecule has 2 N–H and O–H groups in total. The largest absolute Gasteiger partial charge is 0.497 e. The highest BCUT2D eigenvalue weighted by Crippen LogP contribution is 2.86. The Bertz CT molecular complexity index is 1450. The minimum Gasteiger partial charge on any atom is -0.497 e. The molecule has 38 heavy (non-hydrogen) atoms. The van der Waals surface area contributed by atoms with Crippen LogP contribution in [-0.2, 0) is 17.9 Å². The van der Waals surface area contributed by atoms with Gasteiger partial charge in [-0.2, -0.15) is 4.80 Å². The first-order chi connectivity index (χ1) is 18.4. The lowest BCUT2D eigenvalue weighted by Crippen LogP contribution is -2.57. The van der Waals surface area contributed by atoms with Crippen LogP contribution in [0, 0.1) is 47.8 Å². The number of aryl methyl sites for hydroxylation is 2. The molecule has 5 aliphatic rings. The van der Waals surface area contributed by atoms with Gasteiger partial charge in [0.05, 0.1) is 19.1 Å². The van der Waals surface area contributed by atoms with Gasteiger partial charge in [-0.25, -0.2) is 4.98 Å². The van der Waals surface area contributed by atoms with E-state index < -0.39 is 11.4 Å². The quantitative estimate of drug-likeness (QED) is 0.445. The molecule has 0 aliphatic heterocycles. The molecule has 1 amide bonds. The van der Waals surface area contributed by atoms with Crippen molar-refractivity contribution in [3.05, 3.63) is 53.3 Å². The normalized spacial score (nSPS) is 31.4. The summed E-state index contributed by atoms with van der Waals surface area (Å²) in [6.07, 6.45) is 2.99. The molecule has 0 saturated heterocycles. The zero-order chi connectivity index (χ0) is 26.2. The van der Waals surface area contributed by atoms with Gasteiger partial charge >= 0.3 is 5.97 Å². The fourth-order valence-electron chi connectivity index (χ4n) is 8.53. The maximum atomic E-state index is 12.9. The number of carboxylic acids is 1. The Morgan fingerprint density at radius 2 is 2.11 bits per heavy atom. The van der Waals surface area contributed by atoms with Gasteiger partial charge in [-0.05, 0) is 96.7 Å². The van der Waals surface area contributed by atoms with E-state index in [9.17, 15) is 14.7 Å². The summed E-state index contributed by atoms with van der Waals surface area (Å²) in [4.78, 5) is 31.0. The summed E-state index contributed by atoms with van der Waals surface area (Å²) in [6, 6.07) is 11.1. The molecular formula is C28H30N6O4. The zero-order valence-corrected chi connectivity index (χ0v) is 21.4. The Labute approximate surface area is 219 Å². The number of amides is 1. The number of rotatable bonds is 9. The van der Waals surface area contributed by atoms with E-state index in [1.807, 2.05) is 37.3 Å². The summed E-state index contributed by atoms with van der Waals surface area (Å²) in [5, 5.41) is 26.0. The van der Waals surface area contributed by atoms with E-state index >= 15 is 0 Å². The smallest absolute Gasteiger partial charge is 0.310 e. The molecular weight excluding hydrogens is 484 g/mol. The highest BCUT2D eigenvalue weighted by molar-refractivity contribution is 5.93. The third-order valence-electron chi connectivity index (χ3n) is 9.75. The van der Waals surface area contributed by atoms with Crippen molar-refractivity contribution in [2.45, 2.75) is 39.3 Å². The number of aliphatic carboxylic acids is 1. The molecule has 7 atom stereocenters. The lowest BCUT2D eigenvalue weighted by molar-refractivity contribution is -0.179. The second-order valence-electron chi connectivity index (χ2n) is 11.4. The van der Waals surface area contributed by atoms with Crippen molar-refractivity contribution < 1.29 is 19.4 Å². The van der Waals surface area contributed by atoms with Crippen LogP contribution < -0.4 is 10.1 Å². The molecule has 5 fully saturated rings. The fraction of sp³-hybridized carbons (Fsp3) is 0.500. The molecule has 4 bridgehead atoms. The number of tetrazole rings is 1. The average Bonchev–Trinajstić information content (AvgIpc) is 3.59. The third kappa shape index (κ3) is 3.25. The average molecular weight is 515 g/mol. The minimum atomic E-state index is -0.573. The number of benzene rings is 1. The Morgan fingerprint density at radius 3 is 2.87 bits per heavy atom. The number of methoxy groups -OCH3 is 1. The van der Waals surface area contributed by atoms with Gasteiger partial charge in [0.15, 0.2) is 0 Å². The zero-order valence-electron chi connectivity index (χ0n) is 21.4. The predicted molar refractivity (Wildman–Crippen MR) is 135 cm³/mol. The van der Waals surface area contributed by atoms with Crippen LogP contribution in [-0.4, -0.2) is 49.3 Å². The Balaban J connectivity index is 1.01. The topological polar surface area (TPSA) is 132 Å². The van der Waals surface area contributed by atoms with Crippen LogP contribution in [0.5, 0.6) is 5.75 Å². The SMILES string of the molecule is COc1cccc(CNC(=O)c2cc(-c3nnn(CCC4C5C6CC7CC5(C(=O)O)C4C76)n3)cc(C)n2)c1. The van der Waals surface area contributed by atoms with E-state index in [0.29, 0.717) is 71.4 Å². The van der Waals surface area contributed by atoms with Crippen molar-refractivity contribution in [3.63, 3.8) is 0 Å². The maximum Gasteiger partial charge on any atom is 0.310 e. The molecule has 8 rings (SSSR count). The van der Waals surface area contributed by atoms with E-state index in [0.717, 1.165) is 24.2 Å². The number of nitrogens with one attached hydrogen (secondary N) is 1. The third-order valence-corrected chi connectivity index (χ3v) is 9.75. The number of carbonyl (C=O) groups is 2. The molecule has 3 aromatic rings. The van der Waals surface area contributed by atoms with Gasteiger partial charge in [0.2, 0.25) is 5.82 Å². The summed E-state index contributed by atoms with van der Waals surface area (Å²) < 4.78 is 5.24. The molecule has 196 valence electrons. The van der Waals surface area contributed by atoms with E-state index in [4.69, 9.17) is 4.74 Å². The summed E-state index contributed by atoms with van der Waals surface area (Å²) in [7, 11) is 1.61. The molecule has 10 nitrogen and oxygen atoms in total. The first kappa shape index (κ1) is 23.3. The van der Waals surface area contributed by atoms with Crippen LogP contribution in [0.3, 0.4) is 0 Å². The van der Waals surface area contributed by atoms with Gasteiger partial charge in [-0.15, -0.1) is 10.2 Å². The summed E-state index contributed by atoms with van der Waals surface area (Å²) in [5.74, 6) is 3.31. The number of carboxylic acid groups (broad SMARTS) is 1. The number of hydrogen-bond donors (Lipinski definition) is 2. The highest BCUT2D eigenvalue weighted by Gasteiger charge is 2.85. The van der Waals surface area contributed by atoms with Gasteiger partial charge in [-0.1, -0.05) is 12.1 Å². The number of nitrogens with zero attached hydrogens (tertiary/aromatic N) is 5. The molecule has 1 aromatic carbocycles. The molecule has 0 spiro atoms. The van der Waals surface area contributed by atoms with Gasteiger partial charge in [0.1, 0.15) is 11.4 Å². The second kappa shape index (κ2) is 8.34. The summed E-state index contributed by atoms with van der Waals surface area (Å²) in [5.41, 5.74) is 2.14. The molecule has 2 aromatic heterocycles. The van der Waals surface area contributed by atoms with Gasteiger partial charge in [0, 0.05) is 17.8 Å². The van der Waals surface area contributed by atoms with E-state index in [1.54, 1.807) is 18.0 Å². The van der Waals surface area contributed by atoms with Crippen LogP contribution >= 0.6 is 0 Å². The second-order valence-corrected chi connectivity index (χ2v) is 11.4. The first-order valence-electron chi connectivity index (χ1n) is 13.3. The van der Waals surface area contributed by atoms with Gasteiger partial charge < -0.3 is 15.2 Å². The monoisotopic (exact) mass is 514 g/mol. The van der Waals surface area contributed by atoms with Crippen molar-refractivity contribution in [1.82, 2.24) is 30.5 Å². The van der Waals surface area contributed by atoms with Crippen molar-refractivity contribution in [2.75, 3.05) is 7.11 Å². The minimum absolute atomic E-state index is 0.286. The summed E-state index contributed by atoms with van der Waals surface area (Å²) >= 11 is 0. The first-order valence-corrected chi connectivity index (χ1v) is 13.3. The molecule has 5 saturated carbocycles. The van der Waals surface area contributed by atoms with Gasteiger partial charge in [-0.3, -0.25) is 9.59 Å². The number of carbonyl (C=O) groups excluding carboxylic acids is 1. The van der Waals surface area contributed by atoms with Crippen LogP contribution in [0.15, 0.2) is 36.4 Å². The number of ether oxygens (including phenoxy) is 1. The van der Waals surface area contributed by atoms with E-state index in [1.165, 1.54) is 6.42 Å². The number of pyridine rings is 1. The highest BCUT2D eigenvalue weighted by atomic mass is 16.5. The predicted octanol–water partition coefficient (Wildman–Crippen LogP) is 2.98. The van der Waals surface area contributed by atoms with Crippen molar-refractivity contribution in [3.8, 4) is 17.1 Å². The molecule has 10 heteroatoms. The molecule has 7 unspecified atom stereocenters. The van der Waals surface area contributed by atoms with Crippen LogP contribution in [0.25, 0.3) is 11.4 Å². The van der Waals surface area contributed by atoms with Crippen LogP contribution in [0.1, 0.15) is 41.0 Å². The van der Waals surface area contributed by atoms with E-state index in [-0.39, 0.29) is 5.91 Å². The summed E-state index contributed by atoms with van der Waals surface area (Å²) in [6.45, 7) is 2.80. The maximum absolute atomic E-state index is 12.9.